The van der Waals surface area contributed by atoms with Crippen molar-refractivity contribution >= 4 is 17.6 Å². The number of nitrogens with one attached hydrogen (secondary N) is 1. The zero-order valence-corrected chi connectivity index (χ0v) is 20.6. The molecule has 0 saturated carbocycles. The quantitative estimate of drug-likeness (QED) is 0.440. The number of pyridine rings is 1. The summed E-state index contributed by atoms with van der Waals surface area (Å²) in [5.41, 5.74) is 5.10. The molecule has 0 atom stereocenters. The van der Waals surface area contributed by atoms with Gasteiger partial charge < -0.3 is 20.4 Å². The van der Waals surface area contributed by atoms with Crippen LogP contribution in [0.3, 0.4) is 0 Å². The Bertz CT molecular complexity index is 1240. The van der Waals surface area contributed by atoms with Crippen molar-refractivity contribution in [1.82, 2.24) is 20.3 Å². The van der Waals surface area contributed by atoms with E-state index in [-0.39, 0.29) is 11.4 Å². The van der Waals surface area contributed by atoms with E-state index in [0.717, 1.165) is 32.4 Å². The van der Waals surface area contributed by atoms with Gasteiger partial charge in [0, 0.05) is 37.6 Å². The summed E-state index contributed by atoms with van der Waals surface area (Å²) in [6, 6.07) is 10.7. The normalized spacial score (nSPS) is 14.0. The van der Waals surface area contributed by atoms with Crippen LogP contribution in [0.15, 0.2) is 42.7 Å². The van der Waals surface area contributed by atoms with Gasteiger partial charge in [0.15, 0.2) is 11.4 Å². The summed E-state index contributed by atoms with van der Waals surface area (Å²) in [6.07, 6.45) is 7.07. The van der Waals surface area contributed by atoms with Crippen molar-refractivity contribution in [3.63, 3.8) is 0 Å². The summed E-state index contributed by atoms with van der Waals surface area (Å²) in [5.74, 6) is -1.37. The van der Waals surface area contributed by atoms with Crippen molar-refractivity contribution in [2.75, 3.05) is 24.5 Å². The second kappa shape index (κ2) is 11.2. The number of amides is 1. The molecule has 1 aliphatic rings. The molecule has 3 aromatic rings. The molecule has 1 amide bonds. The number of rotatable bonds is 8. The zero-order chi connectivity index (χ0) is 25.7. The fraction of sp³-hybridized carbons (Fsp3) is 0.370. The number of piperidine rings is 1. The van der Waals surface area contributed by atoms with Gasteiger partial charge in [0.1, 0.15) is 12.4 Å². The van der Waals surface area contributed by atoms with Crippen molar-refractivity contribution in [3.8, 4) is 5.75 Å². The third kappa shape index (κ3) is 6.16. The number of anilines is 1. The lowest BCUT2D eigenvalue weighted by Gasteiger charge is -2.34. The maximum Gasteiger partial charge on any atom is 0.322 e. The summed E-state index contributed by atoms with van der Waals surface area (Å²) in [5, 5.41) is 21.2. The Kier molecular flexibility index (Phi) is 7.77. The van der Waals surface area contributed by atoms with E-state index in [1.165, 1.54) is 22.4 Å². The molecule has 2 aromatic heterocycles. The van der Waals surface area contributed by atoms with Crippen molar-refractivity contribution in [1.29, 1.82) is 0 Å². The van der Waals surface area contributed by atoms with Gasteiger partial charge in [0.25, 0.3) is 5.91 Å². The maximum atomic E-state index is 12.3. The highest BCUT2D eigenvalue weighted by Gasteiger charge is 2.24. The molecule has 1 saturated heterocycles. The fourth-order valence-corrected chi connectivity index (χ4v) is 4.57. The van der Waals surface area contributed by atoms with Gasteiger partial charge in [0.2, 0.25) is 0 Å². The van der Waals surface area contributed by atoms with E-state index in [9.17, 15) is 14.7 Å². The summed E-state index contributed by atoms with van der Waals surface area (Å²) >= 11 is 0. The van der Waals surface area contributed by atoms with Gasteiger partial charge in [-0.25, -0.2) is 9.97 Å². The van der Waals surface area contributed by atoms with Crippen molar-refractivity contribution in [2.24, 2.45) is 5.92 Å². The highest BCUT2D eigenvalue weighted by molar-refractivity contribution is 5.96. The van der Waals surface area contributed by atoms with Gasteiger partial charge >= 0.3 is 5.97 Å². The molecular weight excluding hydrogens is 458 g/mol. The van der Waals surface area contributed by atoms with E-state index in [1.807, 2.05) is 12.3 Å². The van der Waals surface area contributed by atoms with Gasteiger partial charge in [-0.15, -0.1) is 0 Å². The van der Waals surface area contributed by atoms with E-state index in [2.05, 4.69) is 56.4 Å². The number of carbonyl (C=O) groups excluding carboxylic acids is 1. The van der Waals surface area contributed by atoms with E-state index in [1.54, 1.807) is 13.1 Å². The molecule has 4 rings (SSSR count). The second-order valence-corrected chi connectivity index (χ2v) is 9.28. The molecule has 1 aromatic carbocycles. The number of benzene rings is 1. The first kappa shape index (κ1) is 25.1. The third-order valence-corrected chi connectivity index (χ3v) is 6.61. The molecule has 1 fully saturated rings. The Balaban J connectivity index is 1.36. The first-order valence-corrected chi connectivity index (χ1v) is 12.1. The van der Waals surface area contributed by atoms with Crippen LogP contribution >= 0.6 is 0 Å². The van der Waals surface area contributed by atoms with Crippen LogP contribution in [0.2, 0.25) is 0 Å². The Morgan fingerprint density at radius 3 is 2.58 bits per heavy atom. The van der Waals surface area contributed by atoms with Crippen LogP contribution < -0.4 is 10.2 Å². The summed E-state index contributed by atoms with van der Waals surface area (Å²) in [4.78, 5) is 38.2. The minimum Gasteiger partial charge on any atom is -0.504 e. The highest BCUT2D eigenvalue weighted by Crippen LogP contribution is 2.28. The summed E-state index contributed by atoms with van der Waals surface area (Å²) in [6.45, 7) is 5.04. The number of aromatic hydroxyl groups is 1. The number of nitrogens with zero attached hydrogens (tertiary/aromatic N) is 4. The number of aliphatic carboxylic acids is 1. The summed E-state index contributed by atoms with van der Waals surface area (Å²) < 4.78 is 0. The molecule has 0 unspecified atom stereocenters. The number of hydrogen-bond acceptors (Lipinski definition) is 7. The van der Waals surface area contributed by atoms with Gasteiger partial charge in [0.05, 0.1) is 5.69 Å². The van der Waals surface area contributed by atoms with Crippen LogP contribution in [0, 0.1) is 19.8 Å². The molecule has 0 spiro atoms. The average molecular weight is 490 g/mol. The Labute approximate surface area is 210 Å². The minimum atomic E-state index is -1.17. The molecule has 0 aliphatic carbocycles. The maximum absolute atomic E-state index is 12.3. The molecule has 0 bridgehead atoms. The number of hydrogen-bond donors (Lipinski definition) is 3. The molecule has 0 radical (unpaired) electrons. The average Bonchev–Trinajstić information content (AvgIpc) is 2.87. The van der Waals surface area contributed by atoms with Crippen LogP contribution in [-0.2, 0) is 17.6 Å². The summed E-state index contributed by atoms with van der Waals surface area (Å²) in [7, 11) is 0. The second-order valence-electron chi connectivity index (χ2n) is 9.28. The Morgan fingerprint density at radius 2 is 1.92 bits per heavy atom. The van der Waals surface area contributed by atoms with Crippen LogP contribution in [-0.4, -0.2) is 56.7 Å². The van der Waals surface area contributed by atoms with Crippen LogP contribution in [0.25, 0.3) is 0 Å². The SMILES string of the molecule is Cc1cc(N2CCC(Cc3nc(C)c(O)c(C(=O)NCC(=O)O)n3)CC2)ccc1Cc1cccnc1. The fourth-order valence-electron chi connectivity index (χ4n) is 4.57. The van der Waals surface area contributed by atoms with E-state index >= 15 is 0 Å². The lowest BCUT2D eigenvalue weighted by molar-refractivity contribution is -0.135. The number of aryl methyl sites for hydroxylation is 2. The monoisotopic (exact) mass is 489 g/mol. The van der Waals surface area contributed by atoms with Crippen LogP contribution in [0.1, 0.15) is 51.5 Å². The predicted molar refractivity (Wildman–Crippen MR) is 135 cm³/mol. The van der Waals surface area contributed by atoms with E-state index < -0.39 is 18.4 Å². The third-order valence-electron chi connectivity index (χ3n) is 6.61. The zero-order valence-electron chi connectivity index (χ0n) is 20.6. The minimum absolute atomic E-state index is 0.182. The van der Waals surface area contributed by atoms with Crippen LogP contribution in [0.4, 0.5) is 5.69 Å². The van der Waals surface area contributed by atoms with Gasteiger partial charge in [-0.2, -0.15) is 0 Å². The Hall–Kier alpha value is -4.01. The number of aromatic nitrogens is 3. The van der Waals surface area contributed by atoms with Gasteiger partial charge in [-0.1, -0.05) is 12.1 Å². The highest BCUT2D eigenvalue weighted by atomic mass is 16.4. The molecule has 1 aliphatic heterocycles. The number of carbonyl (C=O) groups is 2. The largest absolute Gasteiger partial charge is 0.504 e. The van der Waals surface area contributed by atoms with Crippen molar-refractivity contribution < 1.29 is 19.8 Å². The molecule has 188 valence electrons. The van der Waals surface area contributed by atoms with Crippen molar-refractivity contribution in [2.45, 2.75) is 39.5 Å². The molecule has 36 heavy (non-hydrogen) atoms. The van der Waals surface area contributed by atoms with Gasteiger partial charge in [-0.3, -0.25) is 14.6 Å². The first-order valence-electron chi connectivity index (χ1n) is 12.1. The molecule has 9 nitrogen and oxygen atoms in total. The predicted octanol–water partition coefficient (Wildman–Crippen LogP) is 3.06. The lowest BCUT2D eigenvalue weighted by atomic mass is 9.92. The molecule has 3 heterocycles. The molecule has 9 heteroatoms. The lowest BCUT2D eigenvalue weighted by Crippen LogP contribution is -2.34. The molecule has 3 N–H and O–H groups in total. The number of carboxylic acids is 1. The number of carboxylic acid groups (broad SMARTS) is 1. The topological polar surface area (TPSA) is 129 Å². The smallest absolute Gasteiger partial charge is 0.322 e. The van der Waals surface area contributed by atoms with Crippen molar-refractivity contribution in [3.05, 3.63) is 76.6 Å². The standard InChI is InChI=1S/C27H31N5O4/c1-17-12-22(6-5-21(17)13-20-4-3-9-28-15-20)32-10-7-19(8-11-32)14-23-30-18(2)26(35)25(31-23)27(36)29-16-24(33)34/h3-6,9,12,15,19,35H,7-8,10-11,13-14,16H2,1-2H3,(H,29,36)(H,33,34). The van der Waals surface area contributed by atoms with E-state index in [0.29, 0.717) is 23.9 Å². The van der Waals surface area contributed by atoms with Crippen LogP contribution in [0.5, 0.6) is 5.75 Å². The molecular formula is C27H31N5O4. The van der Waals surface area contributed by atoms with Gasteiger partial charge in [-0.05, 0) is 73.9 Å². The first-order chi connectivity index (χ1) is 17.3. The Morgan fingerprint density at radius 1 is 1.14 bits per heavy atom. The van der Waals surface area contributed by atoms with E-state index in [4.69, 9.17) is 5.11 Å².